The quantitative estimate of drug-likeness (QED) is 0.886. The van der Waals surface area contributed by atoms with E-state index in [2.05, 4.69) is 15.3 Å². The van der Waals surface area contributed by atoms with Gasteiger partial charge in [0, 0.05) is 5.39 Å². The van der Waals surface area contributed by atoms with Gasteiger partial charge in [-0.2, -0.15) is 0 Å². The maximum Gasteiger partial charge on any atom is 0.217 e. The van der Waals surface area contributed by atoms with Crippen molar-refractivity contribution in [1.29, 1.82) is 0 Å². The van der Waals surface area contributed by atoms with Gasteiger partial charge < -0.3 is 5.32 Å². The first-order valence-corrected chi connectivity index (χ1v) is 9.08. The van der Waals surface area contributed by atoms with Crippen LogP contribution in [-0.2, 0) is 10.0 Å². The van der Waals surface area contributed by atoms with E-state index < -0.39 is 15.3 Å². The molecule has 1 aromatic carbocycles. The summed E-state index contributed by atoms with van der Waals surface area (Å²) in [6.07, 6.45) is 3.86. The van der Waals surface area contributed by atoms with Crippen molar-refractivity contribution >= 4 is 20.9 Å². The Morgan fingerprint density at radius 3 is 2.68 bits per heavy atom. The molecule has 1 aliphatic heterocycles. The first-order valence-electron chi connectivity index (χ1n) is 7.47. The second-order valence-corrected chi connectivity index (χ2v) is 7.53. The van der Waals surface area contributed by atoms with Crippen LogP contribution in [0.1, 0.15) is 30.2 Å². The van der Waals surface area contributed by atoms with Crippen LogP contribution in [0.3, 0.4) is 0 Å². The fraction of sp³-hybridized carbons (Fsp3) is 0.467. The monoisotopic (exact) mass is 320 g/mol. The molecular formula is C15H20N4O2S. The van der Waals surface area contributed by atoms with Crippen molar-refractivity contribution < 1.29 is 8.42 Å². The number of primary sulfonamides is 1. The summed E-state index contributed by atoms with van der Waals surface area (Å²) in [7, 11) is -3.72. The van der Waals surface area contributed by atoms with Gasteiger partial charge in [0.15, 0.2) is 0 Å². The van der Waals surface area contributed by atoms with Crippen molar-refractivity contribution in [1.82, 2.24) is 15.3 Å². The summed E-state index contributed by atoms with van der Waals surface area (Å²) in [4.78, 5) is 8.45. The molecule has 118 valence electrons. The summed E-state index contributed by atoms with van der Waals surface area (Å²) < 4.78 is 24.3. The lowest BCUT2D eigenvalue weighted by Gasteiger charge is -2.26. The van der Waals surface area contributed by atoms with Crippen LogP contribution in [0.25, 0.3) is 10.9 Å². The smallest absolute Gasteiger partial charge is 0.217 e. The van der Waals surface area contributed by atoms with Gasteiger partial charge in [-0.25, -0.2) is 23.5 Å². The summed E-state index contributed by atoms with van der Waals surface area (Å²) >= 11 is 0. The van der Waals surface area contributed by atoms with E-state index in [1.165, 1.54) is 6.33 Å². The second kappa shape index (κ2) is 6.28. The zero-order chi connectivity index (χ0) is 15.6. The molecule has 1 fully saturated rings. The zero-order valence-corrected chi connectivity index (χ0v) is 13.1. The fourth-order valence-corrected chi connectivity index (χ4v) is 4.14. The number of hydrogen-bond acceptors (Lipinski definition) is 5. The highest BCUT2D eigenvalue weighted by Crippen LogP contribution is 2.33. The third-order valence-electron chi connectivity index (χ3n) is 4.28. The Balaban J connectivity index is 2.01. The number of rotatable bonds is 4. The minimum Gasteiger partial charge on any atom is -0.317 e. The van der Waals surface area contributed by atoms with Crippen LogP contribution >= 0.6 is 0 Å². The molecule has 0 saturated carbocycles. The molecule has 1 unspecified atom stereocenters. The van der Waals surface area contributed by atoms with E-state index in [0.717, 1.165) is 36.8 Å². The molecule has 2 heterocycles. The Labute approximate surface area is 130 Å². The van der Waals surface area contributed by atoms with Crippen LogP contribution in [0.5, 0.6) is 0 Å². The van der Waals surface area contributed by atoms with Crippen molar-refractivity contribution in [2.75, 3.05) is 13.1 Å². The minimum absolute atomic E-state index is 0.346. The molecule has 1 aromatic heterocycles. The highest BCUT2D eigenvalue weighted by atomic mass is 32.2. The third-order valence-corrected chi connectivity index (χ3v) is 5.49. The normalized spacial score (nSPS) is 18.4. The predicted octanol–water partition coefficient (Wildman–Crippen LogP) is 1.35. The van der Waals surface area contributed by atoms with Crippen LogP contribution in [0.15, 0.2) is 30.6 Å². The minimum atomic E-state index is -3.72. The van der Waals surface area contributed by atoms with Crippen LogP contribution < -0.4 is 10.5 Å². The number of benzene rings is 1. The van der Waals surface area contributed by atoms with Crippen LogP contribution in [0.2, 0.25) is 0 Å². The summed E-state index contributed by atoms with van der Waals surface area (Å²) in [5.41, 5.74) is 1.26. The number of hydrogen-bond donors (Lipinski definition) is 2. The highest BCUT2D eigenvalue weighted by molar-refractivity contribution is 7.89. The molecule has 6 nitrogen and oxygen atoms in total. The van der Waals surface area contributed by atoms with E-state index >= 15 is 0 Å². The van der Waals surface area contributed by atoms with E-state index in [1.807, 2.05) is 24.3 Å². The van der Waals surface area contributed by atoms with Crippen LogP contribution in [0.4, 0.5) is 0 Å². The standard InChI is InChI=1S/C15H20N4O2S/c16-22(20,21)14(9-11-5-7-17-8-6-11)15-12-3-1-2-4-13(12)18-10-19-15/h1-4,10-11,14,17H,5-9H2,(H2,16,20,21). The molecule has 3 N–H and O–H groups in total. The first-order chi connectivity index (χ1) is 10.6. The van der Waals surface area contributed by atoms with Gasteiger partial charge in [-0.15, -0.1) is 0 Å². The Morgan fingerprint density at radius 1 is 1.23 bits per heavy atom. The Hall–Kier alpha value is -1.57. The molecule has 0 bridgehead atoms. The zero-order valence-electron chi connectivity index (χ0n) is 12.3. The van der Waals surface area contributed by atoms with E-state index in [-0.39, 0.29) is 0 Å². The molecule has 2 aromatic rings. The van der Waals surface area contributed by atoms with Crippen LogP contribution in [0, 0.1) is 5.92 Å². The average Bonchev–Trinajstić information content (AvgIpc) is 2.52. The summed E-state index contributed by atoms with van der Waals surface area (Å²) in [6, 6.07) is 7.44. The molecule has 0 spiro atoms. The topological polar surface area (TPSA) is 98.0 Å². The van der Waals surface area contributed by atoms with Gasteiger partial charge in [-0.05, 0) is 44.3 Å². The molecule has 0 radical (unpaired) electrons. The maximum absolute atomic E-state index is 12.2. The number of para-hydroxylation sites is 1. The molecule has 1 aliphatic rings. The molecule has 7 heteroatoms. The van der Waals surface area contributed by atoms with Crippen molar-refractivity contribution in [3.8, 4) is 0 Å². The number of aromatic nitrogens is 2. The van der Waals surface area contributed by atoms with E-state index in [0.29, 0.717) is 18.0 Å². The van der Waals surface area contributed by atoms with Crippen molar-refractivity contribution in [3.63, 3.8) is 0 Å². The molecule has 22 heavy (non-hydrogen) atoms. The lowest BCUT2D eigenvalue weighted by atomic mass is 9.91. The third kappa shape index (κ3) is 3.26. The average molecular weight is 320 g/mol. The SMILES string of the molecule is NS(=O)(=O)C(CC1CCNCC1)c1ncnc2ccccc12. The molecular weight excluding hydrogens is 300 g/mol. The maximum atomic E-state index is 12.2. The van der Waals surface area contributed by atoms with Crippen LogP contribution in [-0.4, -0.2) is 31.5 Å². The fourth-order valence-electron chi connectivity index (χ4n) is 3.10. The van der Waals surface area contributed by atoms with E-state index in [4.69, 9.17) is 5.14 Å². The lowest BCUT2D eigenvalue weighted by Crippen LogP contribution is -2.31. The van der Waals surface area contributed by atoms with Crippen molar-refractivity contribution in [3.05, 3.63) is 36.3 Å². The predicted molar refractivity (Wildman–Crippen MR) is 85.6 cm³/mol. The molecule has 1 saturated heterocycles. The summed E-state index contributed by atoms with van der Waals surface area (Å²) in [5, 5.41) is 8.79. The lowest BCUT2D eigenvalue weighted by molar-refractivity contribution is 0.348. The van der Waals surface area contributed by atoms with Gasteiger partial charge in [0.05, 0.1) is 11.2 Å². The van der Waals surface area contributed by atoms with Gasteiger partial charge in [0.25, 0.3) is 0 Å². The number of fused-ring (bicyclic) bond motifs is 1. The second-order valence-electron chi connectivity index (χ2n) is 5.78. The number of nitrogens with zero attached hydrogens (tertiary/aromatic N) is 2. The summed E-state index contributed by atoms with van der Waals surface area (Å²) in [5.74, 6) is 0.346. The Kier molecular flexibility index (Phi) is 4.37. The number of nitrogens with two attached hydrogens (primary N) is 1. The molecule has 3 rings (SSSR count). The van der Waals surface area contributed by atoms with Gasteiger partial charge in [-0.3, -0.25) is 0 Å². The Morgan fingerprint density at radius 2 is 1.95 bits per heavy atom. The first kappa shape index (κ1) is 15.3. The number of nitrogens with one attached hydrogen (secondary N) is 1. The number of sulfonamides is 1. The van der Waals surface area contributed by atoms with Gasteiger partial charge in [0.2, 0.25) is 10.0 Å². The highest BCUT2D eigenvalue weighted by Gasteiger charge is 2.30. The Bertz CT molecular complexity index is 752. The number of piperidine rings is 1. The van der Waals surface area contributed by atoms with Gasteiger partial charge >= 0.3 is 0 Å². The molecule has 1 atom stereocenters. The molecule has 0 aliphatic carbocycles. The van der Waals surface area contributed by atoms with E-state index in [9.17, 15) is 8.42 Å². The largest absolute Gasteiger partial charge is 0.317 e. The van der Waals surface area contributed by atoms with Gasteiger partial charge in [0.1, 0.15) is 11.6 Å². The van der Waals surface area contributed by atoms with Crippen molar-refractivity contribution in [2.45, 2.75) is 24.5 Å². The van der Waals surface area contributed by atoms with E-state index in [1.54, 1.807) is 0 Å². The summed E-state index contributed by atoms with van der Waals surface area (Å²) in [6.45, 7) is 1.85. The van der Waals surface area contributed by atoms with Crippen molar-refractivity contribution in [2.24, 2.45) is 11.1 Å². The van der Waals surface area contributed by atoms with Gasteiger partial charge in [-0.1, -0.05) is 18.2 Å². The molecule has 0 amide bonds.